The molecule has 0 saturated carbocycles. The molecule has 0 bridgehead atoms. The SMILES string of the molecule is O=C(Nc1ccc(OC(F)(F)Cl)cc1)c1cnc(N2CC[C@@H](F)C2)c(-c2cnc3c(c2)-c2nn(-c4ncc(C(F)(F)F)cn4)cc2C3)c1. The minimum Gasteiger partial charge on any atom is -0.420 e. The molecule has 1 aliphatic carbocycles. The van der Waals surface area contributed by atoms with Gasteiger partial charge < -0.3 is 15.0 Å². The Bertz CT molecular complexity index is 2020. The summed E-state index contributed by atoms with van der Waals surface area (Å²) in [7, 11) is 0. The van der Waals surface area contributed by atoms with Crippen molar-refractivity contribution < 1.29 is 35.9 Å². The van der Waals surface area contributed by atoms with E-state index in [1.165, 1.54) is 35.1 Å². The van der Waals surface area contributed by atoms with Crippen LogP contribution in [0.4, 0.5) is 37.8 Å². The number of anilines is 2. The van der Waals surface area contributed by atoms with Gasteiger partial charge in [0.2, 0.25) is 5.95 Å². The molecule has 17 heteroatoms. The van der Waals surface area contributed by atoms with Crippen molar-refractivity contribution in [3.8, 4) is 34.1 Å². The Morgan fingerprint density at radius 3 is 2.38 bits per heavy atom. The van der Waals surface area contributed by atoms with Gasteiger partial charge in [0.15, 0.2) is 0 Å². The number of nitrogens with zero attached hydrogens (tertiary/aromatic N) is 7. The maximum absolute atomic E-state index is 14.3. The standard InChI is InChI=1S/C31H21ClF6N8O2/c32-31(37,38)48-22-3-1-21(2-4-22)43-28(47)17-8-23(27(40-11-17)45-6-5-20(33)15-45)16-7-24-25(39-10-16)9-18-14-46(44-26(18)24)29-41-12-19(13-42-29)30(34,35)36/h1-4,7-8,10-14,20H,5-6,9,15H2,(H,43,47)/t20-/m1/s1. The Hall–Kier alpha value is -5.25. The molecule has 5 aromatic rings. The maximum atomic E-state index is 14.3. The van der Waals surface area contributed by atoms with Crippen molar-refractivity contribution in [2.75, 3.05) is 23.3 Å². The van der Waals surface area contributed by atoms with Gasteiger partial charge in [-0.25, -0.2) is 24.0 Å². The van der Waals surface area contributed by atoms with E-state index in [0.29, 0.717) is 65.7 Å². The van der Waals surface area contributed by atoms with Gasteiger partial charge in [-0.05, 0) is 42.8 Å². The van der Waals surface area contributed by atoms with Crippen molar-refractivity contribution >= 4 is 29.0 Å². The maximum Gasteiger partial charge on any atom is 0.487 e. The zero-order chi connectivity index (χ0) is 33.8. The van der Waals surface area contributed by atoms with Gasteiger partial charge >= 0.3 is 11.7 Å². The number of alkyl halides is 7. The molecule has 7 rings (SSSR count). The molecule has 1 fully saturated rings. The largest absolute Gasteiger partial charge is 0.487 e. The third-order valence-electron chi connectivity index (χ3n) is 7.76. The van der Waals surface area contributed by atoms with Gasteiger partial charge in [-0.3, -0.25) is 9.78 Å². The second kappa shape index (κ2) is 11.8. The van der Waals surface area contributed by atoms with Gasteiger partial charge in [0.1, 0.15) is 17.7 Å². The first-order valence-electron chi connectivity index (χ1n) is 14.3. The number of nitrogens with one attached hydrogen (secondary N) is 1. The second-order valence-electron chi connectivity index (χ2n) is 11.1. The third kappa shape index (κ3) is 6.34. The molecule has 1 N–H and O–H groups in total. The number of ether oxygens (including phenoxy) is 1. The topological polar surface area (TPSA) is 111 Å². The first-order valence-corrected chi connectivity index (χ1v) is 14.7. The zero-order valence-electron chi connectivity index (χ0n) is 24.3. The Balaban J connectivity index is 1.20. The fraction of sp³-hybridized carbons (Fsp3) is 0.226. The second-order valence-corrected chi connectivity index (χ2v) is 11.5. The van der Waals surface area contributed by atoms with Crippen LogP contribution in [0.15, 0.2) is 67.4 Å². The van der Waals surface area contributed by atoms with Crippen molar-refractivity contribution in [2.45, 2.75) is 30.8 Å². The summed E-state index contributed by atoms with van der Waals surface area (Å²) in [6, 6.07) is 8.57. The van der Waals surface area contributed by atoms with E-state index in [4.69, 9.17) is 11.6 Å². The molecule has 1 saturated heterocycles. The number of hydrogen-bond donors (Lipinski definition) is 1. The van der Waals surface area contributed by atoms with E-state index >= 15 is 0 Å². The van der Waals surface area contributed by atoms with Crippen LogP contribution >= 0.6 is 11.6 Å². The molecule has 4 aromatic heterocycles. The van der Waals surface area contributed by atoms with E-state index in [-0.39, 0.29) is 29.5 Å². The van der Waals surface area contributed by atoms with Gasteiger partial charge in [-0.1, -0.05) is 0 Å². The molecule has 1 amide bonds. The number of rotatable bonds is 7. The average molecular weight is 687 g/mol. The van der Waals surface area contributed by atoms with Crippen LogP contribution < -0.4 is 15.0 Å². The van der Waals surface area contributed by atoms with E-state index in [9.17, 15) is 31.1 Å². The predicted molar refractivity (Wildman–Crippen MR) is 161 cm³/mol. The van der Waals surface area contributed by atoms with Gasteiger partial charge in [-0.15, -0.1) is 8.78 Å². The molecular formula is C31H21ClF6N8O2. The minimum atomic E-state index is -4.58. The lowest BCUT2D eigenvalue weighted by atomic mass is 10.0. The fourth-order valence-electron chi connectivity index (χ4n) is 5.52. The van der Waals surface area contributed by atoms with E-state index < -0.39 is 29.4 Å². The predicted octanol–water partition coefficient (Wildman–Crippen LogP) is 6.68. The molecule has 246 valence electrons. The van der Waals surface area contributed by atoms with Crippen LogP contribution in [-0.2, 0) is 12.6 Å². The molecule has 0 radical (unpaired) electrons. The summed E-state index contributed by atoms with van der Waals surface area (Å²) in [6.07, 6.45) is 1.07. The number of pyridine rings is 2. The zero-order valence-corrected chi connectivity index (χ0v) is 25.1. The number of halogens is 7. The molecule has 2 aliphatic rings. The lowest BCUT2D eigenvalue weighted by Gasteiger charge is -2.21. The molecule has 0 spiro atoms. The fourth-order valence-corrected chi connectivity index (χ4v) is 5.61. The van der Waals surface area contributed by atoms with Crippen LogP contribution in [0.25, 0.3) is 28.3 Å². The molecule has 1 atom stereocenters. The number of fused-ring (bicyclic) bond motifs is 3. The molecule has 1 aromatic carbocycles. The first-order chi connectivity index (χ1) is 22.8. The summed E-state index contributed by atoms with van der Waals surface area (Å²) in [4.78, 5) is 31.8. The monoisotopic (exact) mass is 686 g/mol. The van der Waals surface area contributed by atoms with Crippen molar-refractivity contribution in [3.05, 3.63) is 89.8 Å². The van der Waals surface area contributed by atoms with Crippen LogP contribution in [-0.4, -0.2) is 60.5 Å². The average Bonchev–Trinajstić information content (AvgIpc) is 3.75. The molecule has 48 heavy (non-hydrogen) atoms. The van der Waals surface area contributed by atoms with Crippen molar-refractivity contribution in [1.82, 2.24) is 29.7 Å². The van der Waals surface area contributed by atoms with Gasteiger partial charge in [0, 0.05) is 83.5 Å². The van der Waals surface area contributed by atoms with Crippen LogP contribution in [0, 0.1) is 0 Å². The molecular weight excluding hydrogens is 666 g/mol. The summed E-state index contributed by atoms with van der Waals surface area (Å²) < 4.78 is 84.7. The van der Waals surface area contributed by atoms with Crippen LogP contribution in [0.1, 0.15) is 33.6 Å². The third-order valence-corrected chi connectivity index (χ3v) is 7.84. The summed E-state index contributed by atoms with van der Waals surface area (Å²) in [5, 5.41) is 7.21. The lowest BCUT2D eigenvalue weighted by molar-refractivity contribution is -0.138. The normalized spacial score (nSPS) is 15.7. The van der Waals surface area contributed by atoms with Crippen molar-refractivity contribution in [2.24, 2.45) is 0 Å². The Morgan fingerprint density at radius 2 is 1.71 bits per heavy atom. The number of carbonyl (C=O) groups excluding carboxylic acids is 1. The Kier molecular flexibility index (Phi) is 7.69. The van der Waals surface area contributed by atoms with Gasteiger partial charge in [-0.2, -0.15) is 18.3 Å². The van der Waals surface area contributed by atoms with Crippen molar-refractivity contribution in [1.29, 1.82) is 0 Å². The quantitative estimate of drug-likeness (QED) is 0.146. The highest BCUT2D eigenvalue weighted by molar-refractivity contribution is 6.20. The minimum absolute atomic E-state index is 0.0396. The number of carbonyl (C=O) groups is 1. The number of amides is 1. The number of aromatic nitrogens is 6. The number of hydrogen-bond acceptors (Lipinski definition) is 8. The van der Waals surface area contributed by atoms with Crippen LogP contribution in [0.5, 0.6) is 5.75 Å². The molecule has 1 aliphatic heterocycles. The Labute approximate surface area is 272 Å². The summed E-state index contributed by atoms with van der Waals surface area (Å²) in [5.74, 6) is -0.355. The van der Waals surface area contributed by atoms with Crippen LogP contribution in [0.3, 0.4) is 0 Å². The van der Waals surface area contributed by atoms with Gasteiger partial charge in [0.25, 0.3) is 5.91 Å². The van der Waals surface area contributed by atoms with E-state index in [1.54, 1.807) is 23.4 Å². The highest BCUT2D eigenvalue weighted by Gasteiger charge is 2.32. The number of benzene rings is 1. The summed E-state index contributed by atoms with van der Waals surface area (Å²) in [5.41, 5.74) is -0.703. The Morgan fingerprint density at radius 1 is 0.958 bits per heavy atom. The first kappa shape index (κ1) is 31.4. The van der Waals surface area contributed by atoms with Crippen molar-refractivity contribution in [3.63, 3.8) is 0 Å². The molecule has 5 heterocycles. The van der Waals surface area contributed by atoms with E-state index in [1.807, 2.05) is 6.07 Å². The van der Waals surface area contributed by atoms with E-state index in [0.717, 1.165) is 5.56 Å². The highest BCUT2D eigenvalue weighted by Crippen LogP contribution is 2.40. The van der Waals surface area contributed by atoms with Crippen LogP contribution in [0.2, 0.25) is 0 Å². The lowest BCUT2D eigenvalue weighted by Crippen LogP contribution is -2.22. The summed E-state index contributed by atoms with van der Waals surface area (Å²) in [6.45, 7) is 0.518. The smallest absolute Gasteiger partial charge is 0.420 e. The molecule has 0 unspecified atom stereocenters. The highest BCUT2D eigenvalue weighted by atomic mass is 35.5. The summed E-state index contributed by atoms with van der Waals surface area (Å²) >= 11 is 4.80. The van der Waals surface area contributed by atoms with E-state index in [2.05, 4.69) is 35.1 Å². The molecule has 10 nitrogen and oxygen atoms in total. The van der Waals surface area contributed by atoms with Gasteiger partial charge in [0.05, 0.1) is 29.1 Å².